The molecule has 0 atom stereocenters. The standard InChI is InChI=1S/C26H29N3OS/c27-29-25(31)28-26(22-10-3-1-4-11-22,23-12-5-2-6-13-23)24-14-8-7-9-21(24)19-20-15-17-30-18-16-20/h1-14,20H,15-19,27H2,(H2,28,29,31). The van der Waals surface area contributed by atoms with Crippen molar-refractivity contribution in [3.63, 3.8) is 0 Å². The Morgan fingerprint density at radius 1 is 0.871 bits per heavy atom. The second-order valence-corrected chi connectivity index (χ2v) is 8.41. The molecule has 0 bridgehead atoms. The van der Waals surface area contributed by atoms with Gasteiger partial charge in [0.25, 0.3) is 0 Å². The van der Waals surface area contributed by atoms with Gasteiger partial charge < -0.3 is 15.5 Å². The van der Waals surface area contributed by atoms with Gasteiger partial charge in [0, 0.05) is 13.2 Å². The summed E-state index contributed by atoms with van der Waals surface area (Å²) in [6.07, 6.45) is 3.19. The lowest BCUT2D eigenvalue weighted by molar-refractivity contribution is 0.0664. The molecule has 1 aliphatic rings. The molecule has 0 spiro atoms. The fraction of sp³-hybridized carbons (Fsp3) is 0.269. The first-order valence-corrected chi connectivity index (χ1v) is 11.2. The van der Waals surface area contributed by atoms with E-state index >= 15 is 0 Å². The summed E-state index contributed by atoms with van der Waals surface area (Å²) in [5.41, 5.74) is 6.69. The summed E-state index contributed by atoms with van der Waals surface area (Å²) in [6.45, 7) is 1.68. The number of hydrazine groups is 1. The molecule has 1 heterocycles. The Morgan fingerprint density at radius 3 is 2.00 bits per heavy atom. The fourth-order valence-electron chi connectivity index (χ4n) is 4.60. The molecule has 1 saturated heterocycles. The molecule has 1 aliphatic heterocycles. The van der Waals surface area contributed by atoms with Crippen LogP contribution in [-0.2, 0) is 16.7 Å². The Bertz CT molecular complexity index is 948. The summed E-state index contributed by atoms with van der Waals surface area (Å²) < 4.78 is 5.59. The van der Waals surface area contributed by atoms with Gasteiger partial charge in [-0.05, 0) is 59.7 Å². The quantitative estimate of drug-likeness (QED) is 0.235. The van der Waals surface area contributed by atoms with Crippen LogP contribution in [0.25, 0.3) is 0 Å². The van der Waals surface area contributed by atoms with E-state index < -0.39 is 5.54 Å². The van der Waals surface area contributed by atoms with Crippen molar-refractivity contribution in [2.24, 2.45) is 11.8 Å². The number of benzene rings is 3. The predicted octanol–water partition coefficient (Wildman–Crippen LogP) is 4.29. The minimum absolute atomic E-state index is 0.397. The summed E-state index contributed by atoms with van der Waals surface area (Å²) in [7, 11) is 0. The topological polar surface area (TPSA) is 59.3 Å². The molecule has 0 saturated carbocycles. The van der Waals surface area contributed by atoms with Crippen LogP contribution in [0.15, 0.2) is 84.9 Å². The van der Waals surface area contributed by atoms with Crippen molar-refractivity contribution in [2.75, 3.05) is 13.2 Å². The highest BCUT2D eigenvalue weighted by Gasteiger charge is 2.39. The second-order valence-electron chi connectivity index (χ2n) is 8.00. The van der Waals surface area contributed by atoms with E-state index in [0.29, 0.717) is 11.0 Å². The Hall–Kier alpha value is -2.73. The number of thiocarbonyl (C=S) groups is 1. The lowest BCUT2D eigenvalue weighted by atomic mass is 9.74. The second kappa shape index (κ2) is 10.1. The molecule has 3 aromatic carbocycles. The number of hydrogen-bond acceptors (Lipinski definition) is 3. The molecule has 1 fully saturated rings. The van der Waals surface area contributed by atoms with Crippen LogP contribution in [0, 0.1) is 5.92 Å². The highest BCUT2D eigenvalue weighted by molar-refractivity contribution is 7.80. The Morgan fingerprint density at radius 2 is 1.42 bits per heavy atom. The first kappa shape index (κ1) is 21.5. The van der Waals surface area contributed by atoms with Crippen LogP contribution in [0.4, 0.5) is 0 Å². The largest absolute Gasteiger partial charge is 0.381 e. The molecule has 160 valence electrons. The van der Waals surface area contributed by atoms with Gasteiger partial charge in [0.2, 0.25) is 0 Å². The lowest BCUT2D eigenvalue weighted by Crippen LogP contribution is -2.53. The highest BCUT2D eigenvalue weighted by Crippen LogP contribution is 2.39. The fourth-order valence-corrected chi connectivity index (χ4v) is 4.75. The van der Waals surface area contributed by atoms with Gasteiger partial charge in [-0.3, -0.25) is 0 Å². The zero-order chi connectivity index (χ0) is 21.5. The van der Waals surface area contributed by atoms with Crippen LogP contribution in [0.5, 0.6) is 0 Å². The van der Waals surface area contributed by atoms with Gasteiger partial charge >= 0.3 is 0 Å². The average molecular weight is 432 g/mol. The molecule has 0 radical (unpaired) electrons. The summed E-state index contributed by atoms with van der Waals surface area (Å²) in [5.74, 6) is 6.34. The van der Waals surface area contributed by atoms with E-state index in [1.165, 1.54) is 11.1 Å². The third-order valence-electron chi connectivity index (χ3n) is 6.12. The molecule has 0 amide bonds. The molecule has 0 aliphatic carbocycles. The molecule has 4 rings (SSSR count). The maximum atomic E-state index is 5.73. The molecular weight excluding hydrogens is 402 g/mol. The number of nitrogens with two attached hydrogens (primary N) is 1. The van der Waals surface area contributed by atoms with Gasteiger partial charge in [0.15, 0.2) is 5.11 Å². The Kier molecular flexibility index (Phi) is 6.97. The molecule has 31 heavy (non-hydrogen) atoms. The summed E-state index contributed by atoms with van der Waals surface area (Å²) in [4.78, 5) is 0. The molecule has 0 aromatic heterocycles. The van der Waals surface area contributed by atoms with Gasteiger partial charge in [0.1, 0.15) is 5.54 Å². The van der Waals surface area contributed by atoms with Crippen molar-refractivity contribution in [3.8, 4) is 0 Å². The molecular formula is C26H29N3OS. The van der Waals surface area contributed by atoms with Crippen molar-refractivity contribution >= 4 is 17.3 Å². The van der Waals surface area contributed by atoms with E-state index in [9.17, 15) is 0 Å². The van der Waals surface area contributed by atoms with Crippen LogP contribution in [0.1, 0.15) is 35.1 Å². The van der Waals surface area contributed by atoms with Crippen molar-refractivity contribution in [3.05, 3.63) is 107 Å². The van der Waals surface area contributed by atoms with Gasteiger partial charge in [0.05, 0.1) is 0 Å². The molecule has 5 heteroatoms. The van der Waals surface area contributed by atoms with E-state index in [2.05, 4.69) is 83.5 Å². The van der Waals surface area contributed by atoms with Crippen molar-refractivity contribution in [2.45, 2.75) is 24.8 Å². The minimum atomic E-state index is -0.673. The minimum Gasteiger partial charge on any atom is -0.381 e. The first-order chi connectivity index (χ1) is 15.2. The van der Waals surface area contributed by atoms with Gasteiger partial charge in [-0.15, -0.1) is 0 Å². The molecule has 0 unspecified atom stereocenters. The average Bonchev–Trinajstić information content (AvgIpc) is 2.84. The van der Waals surface area contributed by atoms with E-state index in [4.69, 9.17) is 22.8 Å². The highest BCUT2D eigenvalue weighted by atomic mass is 32.1. The maximum Gasteiger partial charge on any atom is 0.181 e. The van der Waals surface area contributed by atoms with Crippen LogP contribution in [-0.4, -0.2) is 18.3 Å². The molecule has 3 aromatic rings. The van der Waals surface area contributed by atoms with Crippen molar-refractivity contribution in [1.29, 1.82) is 0 Å². The number of hydrogen-bond donors (Lipinski definition) is 3. The van der Waals surface area contributed by atoms with E-state index in [1.807, 2.05) is 12.1 Å². The normalized spacial score (nSPS) is 14.7. The first-order valence-electron chi connectivity index (χ1n) is 10.8. The van der Waals surface area contributed by atoms with Gasteiger partial charge in [-0.2, -0.15) is 0 Å². The third-order valence-corrected chi connectivity index (χ3v) is 6.34. The predicted molar refractivity (Wildman–Crippen MR) is 130 cm³/mol. The number of rotatable bonds is 6. The summed E-state index contributed by atoms with van der Waals surface area (Å²) in [6, 6.07) is 29.6. The summed E-state index contributed by atoms with van der Waals surface area (Å²) in [5, 5.41) is 3.97. The van der Waals surface area contributed by atoms with Crippen LogP contribution >= 0.6 is 12.2 Å². The van der Waals surface area contributed by atoms with Crippen LogP contribution in [0.3, 0.4) is 0 Å². The zero-order valence-corrected chi connectivity index (χ0v) is 18.4. The van der Waals surface area contributed by atoms with Gasteiger partial charge in [-0.25, -0.2) is 5.84 Å². The summed E-state index contributed by atoms with van der Waals surface area (Å²) >= 11 is 5.54. The zero-order valence-electron chi connectivity index (χ0n) is 17.6. The van der Waals surface area contributed by atoms with Crippen molar-refractivity contribution < 1.29 is 4.74 Å². The Balaban J connectivity index is 1.91. The van der Waals surface area contributed by atoms with Gasteiger partial charge in [-0.1, -0.05) is 84.9 Å². The SMILES string of the molecule is NNC(=S)NC(c1ccccc1)(c1ccccc1)c1ccccc1CC1CCOCC1. The molecule has 4 N–H and O–H groups in total. The number of ether oxygens (including phenoxy) is 1. The third kappa shape index (κ3) is 4.64. The Labute approximate surface area is 189 Å². The monoisotopic (exact) mass is 431 g/mol. The smallest absolute Gasteiger partial charge is 0.181 e. The van der Waals surface area contributed by atoms with E-state index in [0.717, 1.165) is 43.6 Å². The maximum absolute atomic E-state index is 5.73. The molecule has 4 nitrogen and oxygen atoms in total. The van der Waals surface area contributed by atoms with Crippen LogP contribution in [0.2, 0.25) is 0 Å². The van der Waals surface area contributed by atoms with Crippen LogP contribution < -0.4 is 16.6 Å². The van der Waals surface area contributed by atoms with Crippen molar-refractivity contribution in [1.82, 2.24) is 10.7 Å². The van der Waals surface area contributed by atoms with E-state index in [-0.39, 0.29) is 0 Å². The lowest BCUT2D eigenvalue weighted by Gasteiger charge is -2.39. The van der Waals surface area contributed by atoms with E-state index in [1.54, 1.807) is 0 Å². The number of nitrogens with one attached hydrogen (secondary N) is 2.